The molecule has 3 nitrogen and oxygen atoms in total. The Morgan fingerprint density at radius 2 is 1.79 bits per heavy atom. The second-order valence-corrected chi connectivity index (χ2v) is 9.41. The van der Waals surface area contributed by atoms with Gasteiger partial charge in [-0.25, -0.2) is 8.42 Å². The van der Waals surface area contributed by atoms with Crippen molar-refractivity contribution in [1.29, 1.82) is 0 Å². The molecule has 2 rings (SSSR count). The Kier molecular flexibility index (Phi) is 4.32. The lowest BCUT2D eigenvalue weighted by atomic mass is 9.63. The standard InChI is InChI=1S/C15H28O3S/c1-11-7-8-15(16,12(2)9-11)13-5-4-6-14(10-13)19(3,17)18/h11-14,16H,4-10H2,1-3H3. The quantitative estimate of drug-likeness (QED) is 0.850. The highest BCUT2D eigenvalue weighted by atomic mass is 32.2. The highest BCUT2D eigenvalue weighted by Gasteiger charge is 2.46. The van der Waals surface area contributed by atoms with Crippen LogP contribution in [0.3, 0.4) is 0 Å². The predicted octanol–water partition coefficient (Wildman–Crippen LogP) is 2.78. The maximum Gasteiger partial charge on any atom is 0.150 e. The van der Waals surface area contributed by atoms with Gasteiger partial charge in [0.2, 0.25) is 0 Å². The largest absolute Gasteiger partial charge is 0.389 e. The Morgan fingerprint density at radius 3 is 2.37 bits per heavy atom. The van der Waals surface area contributed by atoms with Gasteiger partial charge in [-0.15, -0.1) is 0 Å². The molecule has 0 heterocycles. The summed E-state index contributed by atoms with van der Waals surface area (Å²) in [6, 6.07) is 0. The first-order valence-electron chi connectivity index (χ1n) is 7.64. The lowest BCUT2D eigenvalue weighted by molar-refractivity contribution is -0.107. The zero-order valence-corrected chi connectivity index (χ0v) is 13.2. The summed E-state index contributed by atoms with van der Waals surface area (Å²) in [5.41, 5.74) is -0.629. The van der Waals surface area contributed by atoms with Gasteiger partial charge in [0, 0.05) is 6.26 Å². The van der Waals surface area contributed by atoms with E-state index in [1.54, 1.807) is 0 Å². The fourth-order valence-corrected chi connectivity index (χ4v) is 5.42. The maximum absolute atomic E-state index is 11.8. The van der Waals surface area contributed by atoms with Crippen molar-refractivity contribution >= 4 is 9.84 Å². The zero-order chi connectivity index (χ0) is 14.3. The van der Waals surface area contributed by atoms with Crippen molar-refractivity contribution in [3.63, 3.8) is 0 Å². The molecule has 0 spiro atoms. The monoisotopic (exact) mass is 288 g/mol. The van der Waals surface area contributed by atoms with Crippen LogP contribution in [-0.4, -0.2) is 30.6 Å². The molecular weight excluding hydrogens is 260 g/mol. The highest BCUT2D eigenvalue weighted by Crippen LogP contribution is 2.46. The Bertz CT molecular complexity index is 417. The van der Waals surface area contributed by atoms with Crippen LogP contribution in [0, 0.1) is 17.8 Å². The van der Waals surface area contributed by atoms with E-state index in [2.05, 4.69) is 13.8 Å². The Morgan fingerprint density at radius 1 is 1.11 bits per heavy atom. The van der Waals surface area contributed by atoms with E-state index in [1.165, 1.54) is 6.26 Å². The fourth-order valence-electron chi connectivity index (χ4n) is 4.24. The van der Waals surface area contributed by atoms with Gasteiger partial charge in [-0.05, 0) is 56.3 Å². The van der Waals surface area contributed by atoms with E-state index in [-0.39, 0.29) is 11.2 Å². The van der Waals surface area contributed by atoms with Crippen molar-refractivity contribution in [2.24, 2.45) is 17.8 Å². The first-order valence-corrected chi connectivity index (χ1v) is 9.60. The average molecular weight is 288 g/mol. The van der Waals surface area contributed by atoms with Crippen LogP contribution in [-0.2, 0) is 9.84 Å². The summed E-state index contributed by atoms with van der Waals surface area (Å²) >= 11 is 0. The van der Waals surface area contributed by atoms with E-state index in [4.69, 9.17) is 0 Å². The number of hydrogen-bond acceptors (Lipinski definition) is 3. The van der Waals surface area contributed by atoms with E-state index >= 15 is 0 Å². The van der Waals surface area contributed by atoms with Gasteiger partial charge in [0.25, 0.3) is 0 Å². The molecule has 0 aromatic rings. The van der Waals surface area contributed by atoms with Gasteiger partial charge >= 0.3 is 0 Å². The van der Waals surface area contributed by atoms with Gasteiger partial charge in [-0.1, -0.05) is 20.3 Å². The van der Waals surface area contributed by atoms with Crippen LogP contribution in [0.5, 0.6) is 0 Å². The van der Waals surface area contributed by atoms with Crippen LogP contribution in [0.15, 0.2) is 0 Å². The third-order valence-electron chi connectivity index (χ3n) is 5.59. The lowest BCUT2D eigenvalue weighted by Gasteiger charge is -2.48. The Balaban J connectivity index is 2.12. The molecule has 4 heteroatoms. The summed E-state index contributed by atoms with van der Waals surface area (Å²) in [4.78, 5) is 0. The molecule has 112 valence electrons. The molecule has 0 radical (unpaired) electrons. The van der Waals surface area contributed by atoms with Gasteiger partial charge in [-0.2, -0.15) is 0 Å². The molecule has 2 saturated carbocycles. The second-order valence-electron chi connectivity index (χ2n) is 7.09. The Labute approximate surface area is 117 Å². The predicted molar refractivity (Wildman–Crippen MR) is 77.7 cm³/mol. The molecule has 19 heavy (non-hydrogen) atoms. The SMILES string of the molecule is CC1CCC(O)(C2CCCC(S(C)(=O)=O)C2)C(C)C1. The van der Waals surface area contributed by atoms with E-state index in [1.807, 2.05) is 0 Å². The maximum atomic E-state index is 11.8. The van der Waals surface area contributed by atoms with Crippen molar-refractivity contribution in [3.05, 3.63) is 0 Å². The third-order valence-corrected chi connectivity index (χ3v) is 7.22. The number of hydrogen-bond donors (Lipinski definition) is 1. The van der Waals surface area contributed by atoms with Crippen molar-refractivity contribution in [3.8, 4) is 0 Å². The molecule has 0 saturated heterocycles. The van der Waals surface area contributed by atoms with E-state index in [0.717, 1.165) is 38.5 Å². The molecule has 0 bridgehead atoms. The molecule has 5 unspecified atom stereocenters. The van der Waals surface area contributed by atoms with Crippen LogP contribution >= 0.6 is 0 Å². The molecule has 2 aliphatic rings. The summed E-state index contributed by atoms with van der Waals surface area (Å²) in [5.74, 6) is 1.15. The summed E-state index contributed by atoms with van der Waals surface area (Å²) in [6.07, 6.45) is 7.68. The lowest BCUT2D eigenvalue weighted by Crippen LogP contribution is -2.50. The van der Waals surface area contributed by atoms with E-state index in [9.17, 15) is 13.5 Å². The molecule has 2 aliphatic carbocycles. The number of aliphatic hydroxyl groups is 1. The van der Waals surface area contributed by atoms with Crippen molar-refractivity contribution in [2.45, 2.75) is 69.6 Å². The fraction of sp³-hybridized carbons (Fsp3) is 1.00. The van der Waals surface area contributed by atoms with Gasteiger partial charge in [0.1, 0.15) is 9.84 Å². The highest BCUT2D eigenvalue weighted by molar-refractivity contribution is 7.91. The topological polar surface area (TPSA) is 54.4 Å². The minimum atomic E-state index is -2.96. The van der Waals surface area contributed by atoms with Crippen LogP contribution in [0.25, 0.3) is 0 Å². The van der Waals surface area contributed by atoms with Crippen LogP contribution < -0.4 is 0 Å². The van der Waals surface area contributed by atoms with Crippen LogP contribution in [0.2, 0.25) is 0 Å². The molecule has 0 aromatic carbocycles. The first kappa shape index (κ1) is 15.3. The minimum absolute atomic E-state index is 0.170. The van der Waals surface area contributed by atoms with Crippen molar-refractivity contribution in [1.82, 2.24) is 0 Å². The molecule has 2 fully saturated rings. The zero-order valence-electron chi connectivity index (χ0n) is 12.4. The van der Waals surface area contributed by atoms with E-state index < -0.39 is 15.4 Å². The van der Waals surface area contributed by atoms with Crippen molar-refractivity contribution in [2.75, 3.05) is 6.26 Å². The normalized spacial score (nSPS) is 45.1. The van der Waals surface area contributed by atoms with Gasteiger partial charge < -0.3 is 5.11 Å². The summed E-state index contributed by atoms with van der Waals surface area (Å²) in [7, 11) is -2.96. The summed E-state index contributed by atoms with van der Waals surface area (Å²) in [6.45, 7) is 4.38. The summed E-state index contributed by atoms with van der Waals surface area (Å²) in [5, 5.41) is 10.8. The minimum Gasteiger partial charge on any atom is -0.389 e. The number of rotatable bonds is 2. The Hall–Kier alpha value is -0.0900. The molecule has 1 N–H and O–H groups in total. The second kappa shape index (κ2) is 5.36. The molecular formula is C15H28O3S. The smallest absolute Gasteiger partial charge is 0.150 e. The third kappa shape index (κ3) is 3.15. The van der Waals surface area contributed by atoms with Gasteiger partial charge in [0.05, 0.1) is 10.9 Å². The first-order chi connectivity index (χ1) is 8.73. The van der Waals surface area contributed by atoms with E-state index in [0.29, 0.717) is 18.3 Å². The van der Waals surface area contributed by atoms with Gasteiger partial charge in [0.15, 0.2) is 0 Å². The number of sulfone groups is 1. The van der Waals surface area contributed by atoms with Crippen molar-refractivity contribution < 1.29 is 13.5 Å². The van der Waals surface area contributed by atoms with Crippen LogP contribution in [0.4, 0.5) is 0 Å². The molecule has 5 atom stereocenters. The molecule has 0 aliphatic heterocycles. The van der Waals surface area contributed by atoms with Gasteiger partial charge in [-0.3, -0.25) is 0 Å². The average Bonchev–Trinajstić information content (AvgIpc) is 2.33. The van der Waals surface area contributed by atoms with Crippen LogP contribution in [0.1, 0.15) is 58.8 Å². The molecule has 0 amide bonds. The molecule has 0 aromatic heterocycles. The summed E-state index contributed by atoms with van der Waals surface area (Å²) < 4.78 is 23.5.